The largest absolute Gasteiger partial charge is 0.372 e. The first-order chi connectivity index (χ1) is 8.65. The van der Waals surface area contributed by atoms with Gasteiger partial charge in [0.2, 0.25) is 0 Å². The lowest BCUT2D eigenvalue weighted by Gasteiger charge is -2.21. The van der Waals surface area contributed by atoms with Crippen LogP contribution >= 0.6 is 0 Å². The molecule has 0 fully saturated rings. The van der Waals surface area contributed by atoms with Gasteiger partial charge in [-0.1, -0.05) is 45.4 Å². The highest BCUT2D eigenvalue weighted by Crippen LogP contribution is 2.20. The van der Waals surface area contributed by atoms with Crippen LogP contribution in [-0.2, 0) is 4.74 Å². The third kappa shape index (κ3) is 5.15. The number of halogens is 1. The Morgan fingerprint density at radius 3 is 2.61 bits per heavy atom. The molecule has 1 N–H and O–H groups in total. The molecule has 0 amide bonds. The summed E-state index contributed by atoms with van der Waals surface area (Å²) in [5.74, 6) is -0.190. The van der Waals surface area contributed by atoms with Crippen molar-refractivity contribution in [3.8, 4) is 0 Å². The van der Waals surface area contributed by atoms with Gasteiger partial charge in [0.15, 0.2) is 0 Å². The van der Waals surface area contributed by atoms with Gasteiger partial charge in [0.1, 0.15) is 5.82 Å². The van der Waals surface area contributed by atoms with Gasteiger partial charge < -0.3 is 10.1 Å². The van der Waals surface area contributed by atoms with Crippen LogP contribution in [0, 0.1) is 5.82 Å². The van der Waals surface area contributed by atoms with Gasteiger partial charge in [0.05, 0.1) is 6.10 Å². The Labute approximate surface area is 110 Å². The van der Waals surface area contributed by atoms with E-state index in [9.17, 15) is 4.39 Å². The van der Waals surface area contributed by atoms with Gasteiger partial charge in [-0.2, -0.15) is 0 Å². The van der Waals surface area contributed by atoms with Crippen molar-refractivity contribution in [1.82, 2.24) is 5.32 Å². The summed E-state index contributed by atoms with van der Waals surface area (Å²) in [7, 11) is 0. The molecular formula is C15H24FNO. The molecule has 18 heavy (non-hydrogen) atoms. The maximum Gasteiger partial charge on any atom is 0.129 e. The number of unbranched alkanes of at least 4 members (excludes halogenated alkanes) is 1. The van der Waals surface area contributed by atoms with Crippen molar-refractivity contribution in [1.29, 1.82) is 0 Å². The summed E-state index contributed by atoms with van der Waals surface area (Å²) in [5.41, 5.74) is 0.641. The summed E-state index contributed by atoms with van der Waals surface area (Å²) in [6.07, 6.45) is 1.88. The van der Waals surface area contributed by atoms with Gasteiger partial charge in [-0.3, -0.25) is 0 Å². The summed E-state index contributed by atoms with van der Waals surface area (Å²) in [5, 5.41) is 3.31. The summed E-state index contributed by atoms with van der Waals surface area (Å²) >= 11 is 0. The Bertz CT molecular complexity index is 341. The molecule has 1 unspecified atom stereocenters. The molecule has 1 atom stereocenters. The molecule has 0 aliphatic rings. The summed E-state index contributed by atoms with van der Waals surface area (Å²) < 4.78 is 19.6. The van der Waals surface area contributed by atoms with Crippen molar-refractivity contribution in [3.05, 3.63) is 35.6 Å². The molecule has 3 heteroatoms. The van der Waals surface area contributed by atoms with Gasteiger partial charge in [-0.05, 0) is 12.5 Å². The van der Waals surface area contributed by atoms with Crippen molar-refractivity contribution in [2.45, 2.75) is 45.8 Å². The predicted octanol–water partition coefficient (Wildman–Crippen LogP) is 3.68. The summed E-state index contributed by atoms with van der Waals surface area (Å²) in [4.78, 5) is 0. The second-order valence-corrected chi connectivity index (χ2v) is 4.80. The van der Waals surface area contributed by atoms with E-state index < -0.39 is 0 Å². The molecule has 2 nitrogen and oxygen atoms in total. The first-order valence-corrected chi connectivity index (χ1v) is 6.74. The van der Waals surface area contributed by atoms with Crippen LogP contribution in [0.2, 0.25) is 0 Å². The lowest BCUT2D eigenvalue weighted by molar-refractivity contribution is 0.0470. The Hall–Kier alpha value is -0.930. The minimum Gasteiger partial charge on any atom is -0.372 e. The topological polar surface area (TPSA) is 21.3 Å². The van der Waals surface area contributed by atoms with Crippen molar-refractivity contribution in [2.75, 3.05) is 13.2 Å². The fourth-order valence-electron chi connectivity index (χ4n) is 1.71. The molecule has 0 bridgehead atoms. The lowest BCUT2D eigenvalue weighted by atomic mass is 10.1. The van der Waals surface area contributed by atoms with Crippen LogP contribution in [0.1, 0.15) is 45.3 Å². The van der Waals surface area contributed by atoms with E-state index in [0.717, 1.165) is 12.8 Å². The summed E-state index contributed by atoms with van der Waals surface area (Å²) in [6.45, 7) is 7.58. The SMILES string of the molecule is CCCCOC(CNC(C)C)c1ccccc1F. The molecule has 0 aliphatic heterocycles. The second kappa shape index (κ2) is 8.22. The molecule has 102 valence electrons. The number of nitrogens with one attached hydrogen (secondary N) is 1. The zero-order chi connectivity index (χ0) is 13.4. The Morgan fingerprint density at radius 2 is 2.00 bits per heavy atom. The van der Waals surface area contributed by atoms with Crippen molar-refractivity contribution in [3.63, 3.8) is 0 Å². The standard InChI is InChI=1S/C15H24FNO/c1-4-5-10-18-15(11-17-12(2)3)13-8-6-7-9-14(13)16/h6-9,12,15,17H,4-5,10-11H2,1-3H3. The first kappa shape index (κ1) is 15.1. The van der Waals surface area contributed by atoms with Crippen LogP contribution in [0.25, 0.3) is 0 Å². The van der Waals surface area contributed by atoms with Crippen LogP contribution in [0.5, 0.6) is 0 Å². The van der Waals surface area contributed by atoms with Gasteiger partial charge in [-0.15, -0.1) is 0 Å². The summed E-state index contributed by atoms with van der Waals surface area (Å²) in [6, 6.07) is 7.21. The number of rotatable bonds is 8. The van der Waals surface area contributed by atoms with E-state index in [-0.39, 0.29) is 11.9 Å². The van der Waals surface area contributed by atoms with E-state index >= 15 is 0 Å². The van der Waals surface area contributed by atoms with Crippen LogP contribution in [-0.4, -0.2) is 19.2 Å². The first-order valence-electron chi connectivity index (χ1n) is 6.74. The highest BCUT2D eigenvalue weighted by Gasteiger charge is 2.15. The molecular weight excluding hydrogens is 229 g/mol. The molecule has 0 spiro atoms. The minimum absolute atomic E-state index is 0.190. The molecule has 0 aliphatic carbocycles. The van der Waals surface area contributed by atoms with E-state index in [0.29, 0.717) is 24.8 Å². The van der Waals surface area contributed by atoms with Crippen molar-refractivity contribution in [2.24, 2.45) is 0 Å². The number of hydrogen-bond donors (Lipinski definition) is 1. The molecule has 1 aromatic carbocycles. The van der Waals surface area contributed by atoms with Crippen molar-refractivity contribution < 1.29 is 9.13 Å². The van der Waals surface area contributed by atoms with Crippen LogP contribution in [0.4, 0.5) is 4.39 Å². The zero-order valence-electron chi connectivity index (χ0n) is 11.6. The lowest BCUT2D eigenvalue weighted by Crippen LogP contribution is -2.29. The molecule has 0 radical (unpaired) electrons. The molecule has 0 saturated heterocycles. The smallest absolute Gasteiger partial charge is 0.129 e. The quantitative estimate of drug-likeness (QED) is 0.714. The van der Waals surface area contributed by atoms with Gasteiger partial charge in [0, 0.05) is 24.8 Å². The Balaban J connectivity index is 2.66. The molecule has 1 rings (SSSR count). The van der Waals surface area contributed by atoms with Gasteiger partial charge >= 0.3 is 0 Å². The van der Waals surface area contributed by atoms with E-state index in [4.69, 9.17) is 4.74 Å². The fourth-order valence-corrected chi connectivity index (χ4v) is 1.71. The minimum atomic E-state index is -0.208. The highest BCUT2D eigenvalue weighted by atomic mass is 19.1. The zero-order valence-corrected chi connectivity index (χ0v) is 11.6. The third-order valence-corrected chi connectivity index (χ3v) is 2.78. The average molecular weight is 253 g/mol. The fraction of sp³-hybridized carbons (Fsp3) is 0.600. The predicted molar refractivity (Wildman–Crippen MR) is 73.1 cm³/mol. The molecule has 0 heterocycles. The second-order valence-electron chi connectivity index (χ2n) is 4.80. The van der Waals surface area contributed by atoms with E-state index in [1.165, 1.54) is 6.07 Å². The molecule has 0 saturated carbocycles. The van der Waals surface area contributed by atoms with E-state index in [1.807, 2.05) is 6.07 Å². The van der Waals surface area contributed by atoms with Crippen LogP contribution < -0.4 is 5.32 Å². The molecule has 1 aromatic rings. The normalized spacial score (nSPS) is 12.9. The number of ether oxygens (including phenoxy) is 1. The number of hydrogen-bond acceptors (Lipinski definition) is 2. The Kier molecular flexibility index (Phi) is 6.91. The maximum atomic E-state index is 13.8. The van der Waals surface area contributed by atoms with E-state index in [2.05, 4.69) is 26.1 Å². The van der Waals surface area contributed by atoms with Crippen LogP contribution in [0.15, 0.2) is 24.3 Å². The van der Waals surface area contributed by atoms with Gasteiger partial charge in [-0.25, -0.2) is 4.39 Å². The average Bonchev–Trinajstić information content (AvgIpc) is 2.34. The molecule has 0 aromatic heterocycles. The Morgan fingerprint density at radius 1 is 1.28 bits per heavy atom. The van der Waals surface area contributed by atoms with Gasteiger partial charge in [0.25, 0.3) is 0 Å². The third-order valence-electron chi connectivity index (χ3n) is 2.78. The van der Waals surface area contributed by atoms with Crippen LogP contribution in [0.3, 0.4) is 0 Å². The van der Waals surface area contributed by atoms with Crippen molar-refractivity contribution >= 4 is 0 Å². The van der Waals surface area contributed by atoms with E-state index in [1.54, 1.807) is 12.1 Å². The highest BCUT2D eigenvalue weighted by molar-refractivity contribution is 5.20. The maximum absolute atomic E-state index is 13.8. The monoisotopic (exact) mass is 253 g/mol. The number of benzene rings is 1.